The average Bonchev–Trinajstić information content (AvgIpc) is 3.48. The maximum Gasteiger partial charge on any atom is 0.245 e. The molecule has 4 heterocycles. The van der Waals surface area contributed by atoms with Crippen LogP contribution in [-0.4, -0.2) is 107 Å². The standard InChI is InChI=1S/C25H33BrN4O6/c1-15(14-31)30-21(23(33)27-7-8-29-9-11-35-12-10-29)25-13-17(26)20(36-25)18(19(25)24(30)34)22(32)28-16-5-3-2-4-6-16/h2-6,15,17-21,31H,7-14H2,1H3,(H,27,33)(H,28,32)/t15-,17?,18+,19+,20+,21?,25?/m1/s1. The number of carbonyl (C=O) groups is 3. The van der Waals surface area contributed by atoms with Gasteiger partial charge in [0.25, 0.3) is 0 Å². The van der Waals surface area contributed by atoms with E-state index in [1.54, 1.807) is 19.1 Å². The number of aliphatic hydroxyl groups excluding tert-OH is 1. The molecule has 4 fully saturated rings. The number of alkyl halides is 1. The Hall–Kier alpha value is -2.05. The highest BCUT2D eigenvalue weighted by atomic mass is 79.9. The highest BCUT2D eigenvalue weighted by Crippen LogP contribution is 2.60. The number of amides is 3. The third-order valence-corrected chi connectivity index (χ3v) is 8.73. The Labute approximate surface area is 218 Å². The molecule has 1 spiro atoms. The van der Waals surface area contributed by atoms with E-state index in [9.17, 15) is 19.5 Å². The summed E-state index contributed by atoms with van der Waals surface area (Å²) in [6.45, 7) is 5.48. The normalized spacial score (nSPS) is 34.5. The number of anilines is 1. The van der Waals surface area contributed by atoms with Gasteiger partial charge >= 0.3 is 0 Å². The Morgan fingerprint density at radius 2 is 1.94 bits per heavy atom. The van der Waals surface area contributed by atoms with Crippen molar-refractivity contribution in [2.45, 2.75) is 42.0 Å². The van der Waals surface area contributed by atoms with E-state index in [4.69, 9.17) is 9.47 Å². The van der Waals surface area contributed by atoms with Crippen LogP contribution in [0.3, 0.4) is 0 Å². The van der Waals surface area contributed by atoms with E-state index in [1.165, 1.54) is 4.90 Å². The molecule has 4 aliphatic rings. The number of para-hydroxylation sites is 1. The number of halogens is 1. The molecule has 196 valence electrons. The van der Waals surface area contributed by atoms with Crippen LogP contribution in [0.5, 0.6) is 0 Å². The molecule has 0 radical (unpaired) electrons. The van der Waals surface area contributed by atoms with Crippen molar-refractivity contribution in [3.8, 4) is 0 Å². The van der Waals surface area contributed by atoms with Crippen molar-refractivity contribution < 1.29 is 29.0 Å². The molecule has 1 aromatic carbocycles. The molecule has 4 saturated heterocycles. The fourth-order valence-electron chi connectivity index (χ4n) is 6.23. The van der Waals surface area contributed by atoms with E-state index in [2.05, 4.69) is 31.5 Å². The van der Waals surface area contributed by atoms with Crippen LogP contribution in [0.1, 0.15) is 13.3 Å². The molecule has 36 heavy (non-hydrogen) atoms. The van der Waals surface area contributed by atoms with Gasteiger partial charge in [0, 0.05) is 36.7 Å². The summed E-state index contributed by atoms with van der Waals surface area (Å²) in [5, 5.41) is 15.9. The zero-order valence-corrected chi connectivity index (χ0v) is 21.9. The number of hydrogen-bond acceptors (Lipinski definition) is 7. The first-order valence-electron chi connectivity index (χ1n) is 12.6. The van der Waals surface area contributed by atoms with Gasteiger partial charge in [0.1, 0.15) is 11.6 Å². The van der Waals surface area contributed by atoms with E-state index < -0.39 is 35.6 Å². The van der Waals surface area contributed by atoms with Crippen molar-refractivity contribution in [1.29, 1.82) is 0 Å². The van der Waals surface area contributed by atoms with Crippen molar-refractivity contribution in [2.75, 3.05) is 51.3 Å². The van der Waals surface area contributed by atoms with Gasteiger partial charge in [0.15, 0.2) is 0 Å². The largest absolute Gasteiger partial charge is 0.394 e. The Bertz CT molecular complexity index is 992. The van der Waals surface area contributed by atoms with Crippen molar-refractivity contribution in [3.05, 3.63) is 30.3 Å². The van der Waals surface area contributed by atoms with Crippen LogP contribution in [0.25, 0.3) is 0 Å². The third-order valence-electron chi connectivity index (χ3n) is 7.89. The number of rotatable bonds is 8. The Morgan fingerprint density at radius 1 is 1.22 bits per heavy atom. The predicted molar refractivity (Wildman–Crippen MR) is 134 cm³/mol. The smallest absolute Gasteiger partial charge is 0.245 e. The summed E-state index contributed by atoms with van der Waals surface area (Å²) >= 11 is 3.66. The molecule has 0 aromatic heterocycles. The SMILES string of the molecule is C[C@H](CO)N1C(=O)[C@@H]2[C@H](C(=O)Nc3ccccc3)[C@H]3OC2(CC3Br)C1C(=O)NCCN1CCOCC1. The van der Waals surface area contributed by atoms with Crippen LogP contribution in [0.2, 0.25) is 0 Å². The molecule has 3 amide bonds. The predicted octanol–water partition coefficient (Wildman–Crippen LogP) is 0.202. The molecule has 3 unspecified atom stereocenters. The van der Waals surface area contributed by atoms with Gasteiger partial charge in [-0.15, -0.1) is 0 Å². The fourth-order valence-corrected chi connectivity index (χ4v) is 7.18. The molecule has 11 heteroatoms. The Kier molecular flexibility index (Phi) is 7.37. The molecule has 0 aliphatic carbocycles. The van der Waals surface area contributed by atoms with Gasteiger partial charge < -0.3 is 30.1 Å². The molecule has 5 rings (SSSR count). The minimum Gasteiger partial charge on any atom is -0.394 e. The highest BCUT2D eigenvalue weighted by Gasteiger charge is 2.76. The van der Waals surface area contributed by atoms with Crippen molar-refractivity contribution in [1.82, 2.24) is 15.1 Å². The van der Waals surface area contributed by atoms with Gasteiger partial charge in [-0.2, -0.15) is 0 Å². The average molecular weight is 565 g/mol. The lowest BCUT2D eigenvalue weighted by molar-refractivity contribution is -0.144. The fraction of sp³-hybridized carbons (Fsp3) is 0.640. The summed E-state index contributed by atoms with van der Waals surface area (Å²) in [5.41, 5.74) is -0.505. The summed E-state index contributed by atoms with van der Waals surface area (Å²) in [6.07, 6.45) is -0.0998. The van der Waals surface area contributed by atoms with Crippen LogP contribution in [0, 0.1) is 11.8 Å². The number of nitrogens with one attached hydrogen (secondary N) is 2. The number of hydrogen-bond donors (Lipinski definition) is 3. The number of ether oxygens (including phenoxy) is 2. The number of carbonyl (C=O) groups excluding carboxylic acids is 3. The topological polar surface area (TPSA) is 120 Å². The number of nitrogens with zero attached hydrogens (tertiary/aromatic N) is 2. The van der Waals surface area contributed by atoms with Crippen LogP contribution in [0.4, 0.5) is 5.69 Å². The van der Waals surface area contributed by atoms with Crippen LogP contribution in [-0.2, 0) is 23.9 Å². The number of morpholine rings is 1. The molecule has 0 saturated carbocycles. The second-order valence-corrected chi connectivity index (χ2v) is 11.2. The van der Waals surface area contributed by atoms with Gasteiger partial charge in [-0.05, 0) is 25.5 Å². The zero-order valence-electron chi connectivity index (χ0n) is 20.3. The lowest BCUT2D eigenvalue weighted by Crippen LogP contribution is -2.58. The van der Waals surface area contributed by atoms with E-state index in [0.29, 0.717) is 38.4 Å². The molecule has 2 bridgehead atoms. The lowest BCUT2D eigenvalue weighted by Gasteiger charge is -2.36. The lowest BCUT2D eigenvalue weighted by atomic mass is 9.70. The quantitative estimate of drug-likeness (QED) is 0.386. The third kappa shape index (κ3) is 4.34. The second-order valence-electron chi connectivity index (χ2n) is 10.0. The van der Waals surface area contributed by atoms with Gasteiger partial charge in [0.05, 0.1) is 43.8 Å². The maximum atomic E-state index is 13.8. The monoisotopic (exact) mass is 564 g/mol. The molecule has 7 atom stereocenters. The van der Waals surface area contributed by atoms with Crippen LogP contribution < -0.4 is 10.6 Å². The molecular weight excluding hydrogens is 532 g/mol. The molecule has 1 aromatic rings. The number of aliphatic hydroxyl groups is 1. The van der Waals surface area contributed by atoms with E-state index in [0.717, 1.165) is 13.1 Å². The van der Waals surface area contributed by atoms with Crippen molar-refractivity contribution in [3.63, 3.8) is 0 Å². The second kappa shape index (κ2) is 10.4. The number of benzene rings is 1. The van der Waals surface area contributed by atoms with Gasteiger partial charge in [-0.1, -0.05) is 34.1 Å². The molecule has 3 N–H and O–H groups in total. The number of fused-ring (bicyclic) bond motifs is 1. The zero-order chi connectivity index (χ0) is 25.4. The summed E-state index contributed by atoms with van der Waals surface area (Å²) in [5.74, 6) is -2.50. The highest BCUT2D eigenvalue weighted by molar-refractivity contribution is 9.09. The Balaban J connectivity index is 1.39. The first kappa shape index (κ1) is 25.6. The molecule has 4 aliphatic heterocycles. The van der Waals surface area contributed by atoms with E-state index >= 15 is 0 Å². The Morgan fingerprint density at radius 3 is 2.64 bits per heavy atom. The number of likely N-dealkylation sites (tertiary alicyclic amines) is 1. The summed E-state index contributed by atoms with van der Waals surface area (Å²) < 4.78 is 11.8. The molecular formula is C25H33BrN4O6. The van der Waals surface area contributed by atoms with Crippen LogP contribution >= 0.6 is 15.9 Å². The van der Waals surface area contributed by atoms with Crippen molar-refractivity contribution >= 4 is 39.3 Å². The van der Waals surface area contributed by atoms with Gasteiger partial charge in [-0.3, -0.25) is 19.3 Å². The van der Waals surface area contributed by atoms with E-state index in [1.807, 2.05) is 18.2 Å². The summed E-state index contributed by atoms with van der Waals surface area (Å²) in [7, 11) is 0. The first-order valence-corrected chi connectivity index (χ1v) is 13.5. The first-order chi connectivity index (χ1) is 17.4. The summed E-state index contributed by atoms with van der Waals surface area (Å²) in [6, 6.07) is 7.55. The van der Waals surface area contributed by atoms with Gasteiger partial charge in [0.2, 0.25) is 17.7 Å². The maximum absolute atomic E-state index is 13.8. The minimum absolute atomic E-state index is 0.180. The van der Waals surface area contributed by atoms with Crippen molar-refractivity contribution in [2.24, 2.45) is 11.8 Å². The van der Waals surface area contributed by atoms with Crippen LogP contribution in [0.15, 0.2) is 30.3 Å². The molecule has 10 nitrogen and oxygen atoms in total. The summed E-state index contributed by atoms with van der Waals surface area (Å²) in [4.78, 5) is 44.4. The minimum atomic E-state index is -1.14. The van der Waals surface area contributed by atoms with E-state index in [-0.39, 0.29) is 29.2 Å². The van der Waals surface area contributed by atoms with Gasteiger partial charge in [-0.25, -0.2) is 0 Å².